The first-order valence-electron chi connectivity index (χ1n) is 9.52. The zero-order valence-corrected chi connectivity index (χ0v) is 17.6. The first-order chi connectivity index (χ1) is 14.0. The predicted molar refractivity (Wildman–Crippen MR) is 119 cm³/mol. The molecule has 4 rings (SSSR count). The zero-order valence-electron chi connectivity index (χ0n) is 16.0. The Morgan fingerprint density at radius 2 is 2.00 bits per heavy atom. The quantitative estimate of drug-likeness (QED) is 0.563. The number of hydrogen-bond acceptors (Lipinski definition) is 5. The van der Waals surface area contributed by atoms with Crippen molar-refractivity contribution in [3.63, 3.8) is 0 Å². The van der Waals surface area contributed by atoms with Crippen LogP contribution in [-0.2, 0) is 10.0 Å². The summed E-state index contributed by atoms with van der Waals surface area (Å²) in [5, 5.41) is 0. The molecule has 150 valence electrons. The normalized spacial score (nSPS) is 17.3. The molecule has 0 unspecified atom stereocenters. The third kappa shape index (κ3) is 4.58. The number of rotatable bonds is 7. The summed E-state index contributed by atoms with van der Waals surface area (Å²) < 4.78 is 28.5. The number of anilines is 1. The van der Waals surface area contributed by atoms with Gasteiger partial charge < -0.3 is 0 Å². The van der Waals surface area contributed by atoms with Gasteiger partial charge in [0.25, 0.3) is 10.0 Å². The number of benzene rings is 1. The number of thiophene rings is 1. The van der Waals surface area contributed by atoms with Crippen LogP contribution in [0.3, 0.4) is 0 Å². The van der Waals surface area contributed by atoms with Gasteiger partial charge in [0.2, 0.25) is 0 Å². The Bertz CT molecular complexity index is 1080. The maximum absolute atomic E-state index is 12.8. The minimum Gasteiger partial charge on any atom is -0.299 e. The van der Waals surface area contributed by atoms with Gasteiger partial charge in [-0.3, -0.25) is 14.6 Å². The third-order valence-corrected chi connectivity index (χ3v) is 8.04. The molecular formula is C22H23N3O2S2. The number of aromatic nitrogens is 1. The number of nitrogens with zero attached hydrogens (tertiary/aromatic N) is 2. The van der Waals surface area contributed by atoms with Crippen molar-refractivity contribution in [2.45, 2.75) is 16.5 Å². The van der Waals surface area contributed by atoms with Crippen LogP contribution in [0.5, 0.6) is 0 Å². The van der Waals surface area contributed by atoms with Crippen molar-refractivity contribution >= 4 is 27.0 Å². The molecule has 3 heterocycles. The van der Waals surface area contributed by atoms with Crippen LogP contribution in [0.2, 0.25) is 0 Å². The third-order valence-electron chi connectivity index (χ3n) is 5.06. The van der Waals surface area contributed by atoms with Crippen LogP contribution in [0.1, 0.15) is 17.9 Å². The fourth-order valence-electron chi connectivity index (χ4n) is 3.59. The van der Waals surface area contributed by atoms with Gasteiger partial charge in [-0.2, -0.15) is 0 Å². The van der Waals surface area contributed by atoms with E-state index < -0.39 is 10.0 Å². The number of likely N-dealkylation sites (tertiary alicyclic amines) is 1. The molecule has 1 atom stereocenters. The first-order valence-corrected chi connectivity index (χ1v) is 11.8. The Morgan fingerprint density at radius 3 is 2.72 bits per heavy atom. The minimum atomic E-state index is -3.63. The predicted octanol–water partition coefficient (Wildman–Crippen LogP) is 4.59. The average Bonchev–Trinajstić information content (AvgIpc) is 3.40. The lowest BCUT2D eigenvalue weighted by molar-refractivity contribution is 0.372. The van der Waals surface area contributed by atoms with E-state index in [0.29, 0.717) is 11.6 Å². The van der Waals surface area contributed by atoms with Crippen LogP contribution in [0.25, 0.3) is 10.6 Å². The lowest BCUT2D eigenvalue weighted by atomic mass is 9.98. The number of sulfonamides is 1. The second kappa shape index (κ2) is 8.49. The van der Waals surface area contributed by atoms with Gasteiger partial charge in [0.05, 0.1) is 10.6 Å². The molecule has 0 saturated carbocycles. The maximum atomic E-state index is 12.8. The highest BCUT2D eigenvalue weighted by atomic mass is 32.2. The molecule has 1 aliphatic rings. The molecule has 1 fully saturated rings. The summed E-state index contributed by atoms with van der Waals surface area (Å²) in [5.41, 5.74) is 2.58. The van der Waals surface area contributed by atoms with Crippen LogP contribution in [-0.4, -0.2) is 37.9 Å². The van der Waals surface area contributed by atoms with Crippen molar-refractivity contribution in [1.82, 2.24) is 9.88 Å². The topological polar surface area (TPSA) is 62.3 Å². The van der Waals surface area contributed by atoms with E-state index in [-0.39, 0.29) is 4.21 Å². The minimum absolute atomic E-state index is 0.276. The van der Waals surface area contributed by atoms with Crippen molar-refractivity contribution in [2.24, 2.45) is 0 Å². The van der Waals surface area contributed by atoms with Crippen LogP contribution in [0, 0.1) is 0 Å². The summed E-state index contributed by atoms with van der Waals surface area (Å²) in [4.78, 5) is 7.48. The lowest BCUT2D eigenvalue weighted by Gasteiger charge is -2.14. The van der Waals surface area contributed by atoms with Gasteiger partial charge in [0, 0.05) is 25.0 Å². The molecule has 1 saturated heterocycles. The summed E-state index contributed by atoms with van der Waals surface area (Å²) in [5.74, 6) is 0.485. The van der Waals surface area contributed by atoms with E-state index in [2.05, 4.69) is 21.2 Å². The molecule has 0 aliphatic carbocycles. The molecule has 1 aliphatic heterocycles. The summed E-state index contributed by atoms with van der Waals surface area (Å²) in [6.07, 6.45) is 4.75. The van der Waals surface area contributed by atoms with Gasteiger partial charge in [-0.1, -0.05) is 24.3 Å². The Morgan fingerprint density at radius 1 is 1.17 bits per heavy atom. The van der Waals surface area contributed by atoms with Crippen LogP contribution >= 0.6 is 11.3 Å². The molecule has 0 radical (unpaired) electrons. The average molecular weight is 426 g/mol. The van der Waals surface area contributed by atoms with Gasteiger partial charge in [-0.15, -0.1) is 17.9 Å². The number of nitrogens with one attached hydrogen (secondary N) is 1. The molecule has 0 amide bonds. The monoisotopic (exact) mass is 425 g/mol. The Labute approximate surface area is 175 Å². The molecule has 5 nitrogen and oxygen atoms in total. The fraction of sp³-hybridized carbons (Fsp3) is 0.227. The van der Waals surface area contributed by atoms with E-state index >= 15 is 0 Å². The van der Waals surface area contributed by atoms with Gasteiger partial charge in [-0.05, 0) is 60.8 Å². The van der Waals surface area contributed by atoms with E-state index in [0.717, 1.165) is 36.6 Å². The molecule has 7 heteroatoms. The summed E-state index contributed by atoms with van der Waals surface area (Å²) in [6.45, 7) is 6.80. The highest BCUT2D eigenvalue weighted by Gasteiger charge is 2.23. The largest absolute Gasteiger partial charge is 0.299 e. The Hall–Kier alpha value is -2.48. The van der Waals surface area contributed by atoms with Crippen molar-refractivity contribution in [3.8, 4) is 10.6 Å². The standard InChI is InChI=1S/C22H23N3O2S2/c1-2-14-25-15-12-18(16-25)17-6-8-19(9-7-17)24-29(26,27)22-11-10-21(28-22)20-5-3-4-13-23-20/h2-11,13,18,24H,1,12,14-16H2/t18-/m1/s1. The molecular weight excluding hydrogens is 402 g/mol. The molecule has 1 aromatic carbocycles. The van der Waals surface area contributed by atoms with Gasteiger partial charge in [0.1, 0.15) is 4.21 Å². The van der Waals surface area contributed by atoms with E-state index in [9.17, 15) is 8.42 Å². The number of hydrogen-bond donors (Lipinski definition) is 1. The fourth-order valence-corrected chi connectivity index (χ4v) is 5.93. The second-order valence-corrected chi connectivity index (χ2v) is 10.1. The van der Waals surface area contributed by atoms with E-state index in [1.54, 1.807) is 18.3 Å². The van der Waals surface area contributed by atoms with Crippen molar-refractivity contribution in [2.75, 3.05) is 24.4 Å². The van der Waals surface area contributed by atoms with E-state index in [1.165, 1.54) is 16.9 Å². The molecule has 0 bridgehead atoms. The highest BCUT2D eigenvalue weighted by Crippen LogP contribution is 2.31. The second-order valence-electron chi connectivity index (χ2n) is 7.10. The van der Waals surface area contributed by atoms with Gasteiger partial charge >= 0.3 is 0 Å². The van der Waals surface area contributed by atoms with E-state index in [4.69, 9.17) is 0 Å². The SMILES string of the molecule is C=CCN1CC[C@@H](c2ccc(NS(=O)(=O)c3ccc(-c4ccccn4)s3)cc2)C1. The van der Waals surface area contributed by atoms with Crippen LogP contribution in [0.15, 0.2) is 77.7 Å². The maximum Gasteiger partial charge on any atom is 0.271 e. The summed E-state index contributed by atoms with van der Waals surface area (Å²) in [7, 11) is -3.63. The first kappa shape index (κ1) is 19.8. The molecule has 0 spiro atoms. The smallest absolute Gasteiger partial charge is 0.271 e. The summed E-state index contributed by atoms with van der Waals surface area (Å²) >= 11 is 1.21. The van der Waals surface area contributed by atoms with Gasteiger partial charge in [-0.25, -0.2) is 8.42 Å². The molecule has 3 aromatic rings. The Kier molecular flexibility index (Phi) is 5.80. The number of pyridine rings is 1. The van der Waals surface area contributed by atoms with Crippen molar-refractivity contribution in [1.29, 1.82) is 0 Å². The molecule has 2 aromatic heterocycles. The van der Waals surface area contributed by atoms with Crippen LogP contribution in [0.4, 0.5) is 5.69 Å². The van der Waals surface area contributed by atoms with Gasteiger partial charge in [0.15, 0.2) is 0 Å². The molecule has 1 N–H and O–H groups in total. The highest BCUT2D eigenvalue weighted by molar-refractivity contribution is 7.94. The van der Waals surface area contributed by atoms with Crippen molar-refractivity contribution < 1.29 is 8.42 Å². The summed E-state index contributed by atoms with van der Waals surface area (Å²) in [6, 6.07) is 16.7. The zero-order chi connectivity index (χ0) is 20.3. The Balaban J connectivity index is 1.45. The van der Waals surface area contributed by atoms with Crippen molar-refractivity contribution in [3.05, 3.63) is 79.0 Å². The van der Waals surface area contributed by atoms with E-state index in [1.807, 2.05) is 48.5 Å². The lowest BCUT2D eigenvalue weighted by Crippen LogP contribution is -2.19. The van der Waals surface area contributed by atoms with Crippen LogP contribution < -0.4 is 4.72 Å². The molecule has 29 heavy (non-hydrogen) atoms.